The van der Waals surface area contributed by atoms with Crippen molar-refractivity contribution in [2.24, 2.45) is 0 Å². The fraction of sp³-hybridized carbons (Fsp3) is 0.857. The van der Waals surface area contributed by atoms with Gasteiger partial charge >= 0.3 is 0 Å². The van der Waals surface area contributed by atoms with Crippen LogP contribution in [0.15, 0.2) is 0 Å². The van der Waals surface area contributed by atoms with E-state index < -0.39 is 24.2 Å². The lowest BCUT2D eigenvalue weighted by Gasteiger charge is -2.29. The summed E-state index contributed by atoms with van der Waals surface area (Å²) in [6.07, 6.45) is -1.45. The third-order valence-electron chi connectivity index (χ3n) is 2.17. The molecule has 0 radical (unpaired) electrons. The van der Waals surface area contributed by atoms with Crippen LogP contribution < -0.4 is 10.4 Å². The van der Waals surface area contributed by atoms with Crippen molar-refractivity contribution in [2.75, 3.05) is 6.54 Å². The van der Waals surface area contributed by atoms with Gasteiger partial charge in [0.25, 0.3) is 0 Å². The van der Waals surface area contributed by atoms with Gasteiger partial charge in [0.2, 0.25) is 0 Å². The van der Waals surface area contributed by atoms with Crippen LogP contribution in [0.25, 0.3) is 0 Å². The zero-order valence-electron chi connectivity index (χ0n) is 6.64. The molecule has 70 valence electrons. The lowest BCUT2D eigenvalue weighted by molar-refractivity contribution is -0.708. The van der Waals surface area contributed by atoms with Crippen LogP contribution in [0.2, 0.25) is 0 Å². The number of piperidine rings is 1. The summed E-state index contributed by atoms with van der Waals surface area (Å²) in [5, 5.41) is 30.4. The Bertz CT molecular complexity index is 173. The van der Waals surface area contributed by atoms with Gasteiger partial charge in [0, 0.05) is 18.8 Å². The Morgan fingerprint density at radius 3 is 2.83 bits per heavy atom. The second kappa shape index (κ2) is 3.84. The number of quaternary nitrogens is 1. The Kier molecular flexibility index (Phi) is 3.02. The number of carboxylic acids is 1. The van der Waals surface area contributed by atoms with Crippen molar-refractivity contribution >= 4 is 5.97 Å². The van der Waals surface area contributed by atoms with Gasteiger partial charge in [-0.1, -0.05) is 0 Å². The first-order chi connectivity index (χ1) is 5.61. The molecule has 1 aliphatic heterocycles. The van der Waals surface area contributed by atoms with E-state index in [-0.39, 0.29) is 6.42 Å². The molecule has 0 aliphatic carbocycles. The fourth-order valence-corrected chi connectivity index (χ4v) is 1.47. The van der Waals surface area contributed by atoms with E-state index in [0.717, 1.165) is 0 Å². The minimum atomic E-state index is -1.19. The highest BCUT2D eigenvalue weighted by Gasteiger charge is 2.33. The number of aliphatic hydroxyl groups excluding tert-OH is 2. The van der Waals surface area contributed by atoms with E-state index in [1.54, 1.807) is 5.32 Å². The van der Waals surface area contributed by atoms with Crippen molar-refractivity contribution in [1.82, 2.24) is 0 Å². The van der Waals surface area contributed by atoms with Gasteiger partial charge in [-0.15, -0.1) is 0 Å². The van der Waals surface area contributed by atoms with Crippen LogP contribution in [0.5, 0.6) is 0 Å². The number of aliphatic hydroxyl groups is 2. The largest absolute Gasteiger partial charge is 0.550 e. The summed E-state index contributed by atoms with van der Waals surface area (Å²) in [7, 11) is 0. The summed E-state index contributed by atoms with van der Waals surface area (Å²) in [6, 6.07) is -0.459. The van der Waals surface area contributed by atoms with Crippen molar-refractivity contribution in [2.45, 2.75) is 31.1 Å². The van der Waals surface area contributed by atoms with Crippen LogP contribution >= 0.6 is 0 Å². The van der Waals surface area contributed by atoms with E-state index in [1.807, 2.05) is 0 Å². The van der Waals surface area contributed by atoms with Gasteiger partial charge in [-0.3, -0.25) is 0 Å². The fourth-order valence-electron chi connectivity index (χ4n) is 1.47. The molecule has 1 rings (SSSR count). The first kappa shape index (κ1) is 9.44. The smallest absolute Gasteiger partial charge is 0.132 e. The monoisotopic (exact) mass is 175 g/mol. The molecule has 0 spiro atoms. The maximum atomic E-state index is 10.2. The van der Waals surface area contributed by atoms with Crippen molar-refractivity contribution < 1.29 is 25.4 Å². The number of carboxylic acid groups (broad SMARTS) is 1. The number of nitrogens with two attached hydrogens (primary N) is 1. The van der Waals surface area contributed by atoms with Gasteiger partial charge in [-0.25, -0.2) is 0 Å². The molecule has 0 saturated carbocycles. The Morgan fingerprint density at radius 2 is 2.25 bits per heavy atom. The predicted octanol–water partition coefficient (Wildman–Crippen LogP) is -3.82. The molecule has 1 aliphatic rings. The van der Waals surface area contributed by atoms with Crippen molar-refractivity contribution in [3.8, 4) is 0 Å². The summed E-state index contributed by atoms with van der Waals surface area (Å²) < 4.78 is 0. The molecule has 0 aromatic rings. The predicted molar refractivity (Wildman–Crippen MR) is 36.8 cm³/mol. The summed E-state index contributed by atoms with van der Waals surface area (Å²) in [5.74, 6) is -1.19. The van der Waals surface area contributed by atoms with E-state index in [2.05, 4.69) is 0 Å². The molecule has 1 fully saturated rings. The molecule has 1 saturated heterocycles. The van der Waals surface area contributed by atoms with Crippen LogP contribution in [0.1, 0.15) is 12.8 Å². The number of hydrogen-bond acceptors (Lipinski definition) is 4. The molecule has 0 amide bonds. The lowest BCUT2D eigenvalue weighted by atomic mass is 9.96. The SMILES string of the molecule is O=C([O-])C[C@@H]1[NH2+]CC[C@@H](O)[C@@H]1O. The molecule has 0 bridgehead atoms. The second-order valence-electron chi connectivity index (χ2n) is 3.11. The molecular weight excluding hydrogens is 162 g/mol. The van der Waals surface area contributed by atoms with E-state index >= 15 is 0 Å². The third-order valence-corrected chi connectivity index (χ3v) is 2.17. The minimum Gasteiger partial charge on any atom is -0.550 e. The van der Waals surface area contributed by atoms with Gasteiger partial charge in [0.15, 0.2) is 0 Å². The zero-order chi connectivity index (χ0) is 9.14. The normalized spacial score (nSPS) is 36.3. The zero-order valence-corrected chi connectivity index (χ0v) is 6.64. The minimum absolute atomic E-state index is 0.210. The molecule has 0 aromatic carbocycles. The standard InChI is InChI=1S/C7H13NO4/c9-5-1-2-8-4(7(5)12)3-6(10)11/h4-5,7-9,12H,1-3H2,(H,10,11)/t4-,5+,7+/m0/s1. The Balaban J connectivity index is 2.46. The second-order valence-corrected chi connectivity index (χ2v) is 3.11. The van der Waals surface area contributed by atoms with E-state index in [4.69, 9.17) is 0 Å². The van der Waals surface area contributed by atoms with E-state index in [1.165, 1.54) is 0 Å². The van der Waals surface area contributed by atoms with Crippen LogP contribution in [-0.2, 0) is 4.79 Å². The lowest BCUT2D eigenvalue weighted by Crippen LogP contribution is -2.96. The van der Waals surface area contributed by atoms with Crippen LogP contribution in [0, 0.1) is 0 Å². The van der Waals surface area contributed by atoms with Crippen molar-refractivity contribution in [1.29, 1.82) is 0 Å². The van der Waals surface area contributed by atoms with Gasteiger partial charge in [-0.05, 0) is 0 Å². The van der Waals surface area contributed by atoms with E-state index in [0.29, 0.717) is 13.0 Å². The topological polar surface area (TPSA) is 97.2 Å². The number of carbonyl (C=O) groups is 1. The average Bonchev–Trinajstić information content (AvgIpc) is 1.98. The molecule has 1 heterocycles. The van der Waals surface area contributed by atoms with Crippen LogP contribution in [0.3, 0.4) is 0 Å². The molecule has 5 nitrogen and oxygen atoms in total. The summed E-state index contributed by atoms with van der Waals surface area (Å²) in [6.45, 7) is 0.649. The maximum absolute atomic E-state index is 10.2. The number of carbonyl (C=O) groups excluding carboxylic acids is 1. The number of aliphatic carboxylic acids is 1. The Morgan fingerprint density at radius 1 is 1.58 bits per heavy atom. The highest BCUT2D eigenvalue weighted by atomic mass is 16.4. The molecule has 5 heteroatoms. The molecular formula is C7H13NO4. The van der Waals surface area contributed by atoms with Gasteiger partial charge in [0.1, 0.15) is 12.1 Å². The highest BCUT2D eigenvalue weighted by Crippen LogP contribution is 2.06. The summed E-state index contributed by atoms with van der Waals surface area (Å²) >= 11 is 0. The Hall–Kier alpha value is -0.650. The molecule has 12 heavy (non-hydrogen) atoms. The van der Waals surface area contributed by atoms with E-state index in [9.17, 15) is 20.1 Å². The van der Waals surface area contributed by atoms with Crippen molar-refractivity contribution in [3.05, 3.63) is 0 Å². The average molecular weight is 175 g/mol. The number of hydrogen-bond donors (Lipinski definition) is 3. The first-order valence-corrected chi connectivity index (χ1v) is 4.00. The molecule has 3 atom stereocenters. The van der Waals surface area contributed by atoms with Gasteiger partial charge in [0.05, 0.1) is 12.6 Å². The first-order valence-electron chi connectivity index (χ1n) is 4.00. The number of rotatable bonds is 2. The molecule has 4 N–H and O–H groups in total. The Labute approximate surface area is 70.0 Å². The quantitative estimate of drug-likeness (QED) is 0.400. The van der Waals surface area contributed by atoms with Crippen molar-refractivity contribution in [3.63, 3.8) is 0 Å². The highest BCUT2D eigenvalue weighted by molar-refractivity contribution is 5.64. The van der Waals surface area contributed by atoms with Crippen LogP contribution in [0.4, 0.5) is 0 Å². The third kappa shape index (κ3) is 2.17. The van der Waals surface area contributed by atoms with Gasteiger partial charge in [-0.2, -0.15) is 0 Å². The van der Waals surface area contributed by atoms with Crippen LogP contribution in [-0.4, -0.2) is 41.0 Å². The summed E-state index contributed by atoms with van der Waals surface area (Å²) in [5.41, 5.74) is 0. The molecule has 0 aromatic heterocycles. The maximum Gasteiger partial charge on any atom is 0.132 e. The van der Waals surface area contributed by atoms with Gasteiger partial charge < -0.3 is 25.4 Å². The molecule has 0 unspecified atom stereocenters. The summed E-state index contributed by atoms with van der Waals surface area (Å²) in [4.78, 5) is 10.2.